The van der Waals surface area contributed by atoms with Crippen molar-refractivity contribution in [3.63, 3.8) is 0 Å². The van der Waals surface area contributed by atoms with Gasteiger partial charge in [0.2, 0.25) is 5.91 Å². The summed E-state index contributed by atoms with van der Waals surface area (Å²) in [6.45, 7) is 0. The van der Waals surface area contributed by atoms with Crippen molar-refractivity contribution in [1.29, 1.82) is 0 Å². The summed E-state index contributed by atoms with van der Waals surface area (Å²) in [5, 5.41) is 16.8. The number of hydrogen-bond donors (Lipinski definition) is 3. The predicted molar refractivity (Wildman–Crippen MR) is 116 cm³/mol. The number of benzene rings is 2. The molecule has 3 N–H and O–H groups in total. The Morgan fingerprint density at radius 3 is 2.58 bits per heavy atom. The molecule has 2 spiro atoms. The number of amides is 1. The van der Waals surface area contributed by atoms with E-state index in [1.165, 1.54) is 12.1 Å². The van der Waals surface area contributed by atoms with Gasteiger partial charge < -0.3 is 10.4 Å². The predicted octanol–water partition coefficient (Wildman–Crippen LogP) is 4.87. The fourth-order valence-electron chi connectivity index (χ4n) is 6.21. The van der Waals surface area contributed by atoms with Gasteiger partial charge in [-0.1, -0.05) is 60.7 Å². The fourth-order valence-corrected chi connectivity index (χ4v) is 6.56. The van der Waals surface area contributed by atoms with Crippen LogP contribution in [0.5, 0.6) is 0 Å². The standard InChI is InChI=1S/C23H21Cl2FN2O3/c24-12-7-8-14-16(11-12)27-21(31)23(14)17(13-5-4-6-15(25)18(13)26)19(20(29)30)28-22(23)9-2-1-3-10-22/h4-8,11,17,19,28H,1-3,9-10H2,(H,27,31)(H,29,30)/t17-,19+,23?/m0/s1. The number of carboxylic acids is 1. The highest BCUT2D eigenvalue weighted by molar-refractivity contribution is 6.31. The summed E-state index contributed by atoms with van der Waals surface area (Å²) in [6, 6.07) is 8.52. The molecular formula is C23H21Cl2FN2O3. The lowest BCUT2D eigenvalue weighted by atomic mass is 9.55. The molecule has 2 aliphatic heterocycles. The molecule has 1 unspecified atom stereocenters. The van der Waals surface area contributed by atoms with Crippen LogP contribution >= 0.6 is 23.2 Å². The summed E-state index contributed by atoms with van der Waals surface area (Å²) >= 11 is 12.3. The SMILES string of the molecule is O=C(O)[C@@H]1NC2(CCCCC2)C2(C(=O)Nc3cc(Cl)ccc32)[C@H]1c1cccc(Cl)c1F. The van der Waals surface area contributed by atoms with E-state index < -0.39 is 34.7 Å². The van der Waals surface area contributed by atoms with Crippen LogP contribution in [0.25, 0.3) is 0 Å². The van der Waals surface area contributed by atoms with Crippen LogP contribution in [0.1, 0.15) is 49.1 Å². The Balaban J connectivity index is 1.86. The van der Waals surface area contributed by atoms with E-state index in [-0.39, 0.29) is 16.5 Å². The van der Waals surface area contributed by atoms with Gasteiger partial charge in [-0.2, -0.15) is 0 Å². The van der Waals surface area contributed by atoms with Crippen LogP contribution < -0.4 is 10.6 Å². The van der Waals surface area contributed by atoms with Gasteiger partial charge in [0.15, 0.2) is 0 Å². The van der Waals surface area contributed by atoms with Gasteiger partial charge >= 0.3 is 5.97 Å². The first-order valence-electron chi connectivity index (χ1n) is 10.4. The van der Waals surface area contributed by atoms with E-state index in [0.29, 0.717) is 29.1 Å². The molecule has 1 amide bonds. The molecule has 5 rings (SSSR count). The molecule has 8 heteroatoms. The first-order valence-corrected chi connectivity index (χ1v) is 11.1. The Morgan fingerprint density at radius 1 is 1.13 bits per heavy atom. The number of carbonyl (C=O) groups is 2. The molecule has 3 aliphatic rings. The van der Waals surface area contributed by atoms with E-state index in [1.54, 1.807) is 24.3 Å². The smallest absolute Gasteiger partial charge is 0.321 e. The lowest BCUT2D eigenvalue weighted by Gasteiger charge is -2.47. The van der Waals surface area contributed by atoms with Crippen molar-refractivity contribution in [3.05, 3.63) is 63.4 Å². The number of rotatable bonds is 2. The Kier molecular flexibility index (Phi) is 4.81. The van der Waals surface area contributed by atoms with Crippen LogP contribution in [0.4, 0.5) is 10.1 Å². The second kappa shape index (κ2) is 7.19. The number of fused-ring (bicyclic) bond motifs is 3. The van der Waals surface area contributed by atoms with Gasteiger partial charge in [0.25, 0.3) is 0 Å². The quantitative estimate of drug-likeness (QED) is 0.594. The van der Waals surface area contributed by atoms with Crippen LogP contribution in [-0.2, 0) is 15.0 Å². The van der Waals surface area contributed by atoms with Crippen LogP contribution in [-0.4, -0.2) is 28.6 Å². The number of halogens is 3. The van der Waals surface area contributed by atoms with Gasteiger partial charge in [-0.05, 0) is 42.2 Å². The van der Waals surface area contributed by atoms with Crippen molar-refractivity contribution in [2.45, 2.75) is 55.0 Å². The Morgan fingerprint density at radius 2 is 1.87 bits per heavy atom. The number of hydrogen-bond acceptors (Lipinski definition) is 3. The summed E-state index contributed by atoms with van der Waals surface area (Å²) in [4.78, 5) is 26.3. The van der Waals surface area contributed by atoms with E-state index in [1.807, 2.05) is 0 Å². The molecule has 5 nitrogen and oxygen atoms in total. The maximum atomic E-state index is 15.3. The van der Waals surface area contributed by atoms with Crippen molar-refractivity contribution in [2.24, 2.45) is 0 Å². The molecule has 2 aromatic carbocycles. The zero-order valence-corrected chi connectivity index (χ0v) is 18.1. The zero-order chi connectivity index (χ0) is 22.0. The van der Waals surface area contributed by atoms with Gasteiger partial charge in [0.1, 0.15) is 17.3 Å². The summed E-state index contributed by atoms with van der Waals surface area (Å²) in [7, 11) is 0. The monoisotopic (exact) mass is 462 g/mol. The second-order valence-corrected chi connectivity index (χ2v) is 9.52. The first-order chi connectivity index (χ1) is 14.8. The summed E-state index contributed by atoms with van der Waals surface area (Å²) in [5.41, 5.74) is -0.793. The van der Waals surface area contributed by atoms with Crippen molar-refractivity contribution in [1.82, 2.24) is 5.32 Å². The maximum Gasteiger partial charge on any atom is 0.321 e. The van der Waals surface area contributed by atoms with E-state index in [2.05, 4.69) is 10.6 Å². The molecule has 3 atom stereocenters. The van der Waals surface area contributed by atoms with Crippen molar-refractivity contribution in [2.75, 3.05) is 5.32 Å². The molecule has 1 saturated heterocycles. The highest BCUT2D eigenvalue weighted by Crippen LogP contribution is 2.62. The topological polar surface area (TPSA) is 78.4 Å². The molecule has 1 aliphatic carbocycles. The van der Waals surface area contributed by atoms with Crippen molar-refractivity contribution >= 4 is 40.8 Å². The summed E-state index contributed by atoms with van der Waals surface area (Å²) in [6.07, 6.45) is 3.93. The molecule has 31 heavy (non-hydrogen) atoms. The van der Waals surface area contributed by atoms with Gasteiger partial charge in [0, 0.05) is 22.2 Å². The van der Waals surface area contributed by atoms with E-state index >= 15 is 4.39 Å². The average Bonchev–Trinajstić information content (AvgIpc) is 3.18. The van der Waals surface area contributed by atoms with E-state index in [4.69, 9.17) is 23.2 Å². The largest absolute Gasteiger partial charge is 0.480 e. The van der Waals surface area contributed by atoms with E-state index in [9.17, 15) is 14.7 Å². The molecule has 0 aromatic heterocycles. The van der Waals surface area contributed by atoms with E-state index in [0.717, 1.165) is 19.3 Å². The fraction of sp³-hybridized carbons (Fsp3) is 0.391. The van der Waals surface area contributed by atoms with Crippen molar-refractivity contribution in [3.8, 4) is 0 Å². The Labute approximate surface area is 188 Å². The highest BCUT2D eigenvalue weighted by atomic mass is 35.5. The molecule has 0 radical (unpaired) electrons. The molecule has 2 fully saturated rings. The third-order valence-electron chi connectivity index (χ3n) is 7.29. The van der Waals surface area contributed by atoms with Crippen molar-refractivity contribution < 1.29 is 19.1 Å². The van der Waals surface area contributed by atoms with Gasteiger partial charge in [-0.15, -0.1) is 0 Å². The van der Waals surface area contributed by atoms with Gasteiger partial charge in [-0.25, -0.2) is 4.39 Å². The lowest BCUT2D eigenvalue weighted by Crippen LogP contribution is -2.60. The number of anilines is 1. The normalized spacial score (nSPS) is 28.7. The van der Waals surface area contributed by atoms with Crippen LogP contribution in [0.2, 0.25) is 10.0 Å². The maximum absolute atomic E-state index is 15.3. The number of nitrogens with one attached hydrogen (secondary N) is 2. The molecule has 2 heterocycles. The highest BCUT2D eigenvalue weighted by Gasteiger charge is 2.72. The minimum atomic E-state index is -1.30. The van der Waals surface area contributed by atoms with Gasteiger partial charge in [0.05, 0.1) is 5.02 Å². The third kappa shape index (κ3) is 2.71. The minimum Gasteiger partial charge on any atom is -0.480 e. The first kappa shape index (κ1) is 20.7. The minimum absolute atomic E-state index is 0.101. The molecule has 0 bridgehead atoms. The Hall–Kier alpha value is -2.15. The molecule has 2 aromatic rings. The zero-order valence-electron chi connectivity index (χ0n) is 16.6. The summed E-state index contributed by atoms with van der Waals surface area (Å²) < 4.78 is 15.3. The number of aliphatic carboxylic acids is 1. The number of carbonyl (C=O) groups excluding carboxylic acids is 1. The van der Waals surface area contributed by atoms with Crippen LogP contribution in [0.3, 0.4) is 0 Å². The lowest BCUT2D eigenvalue weighted by molar-refractivity contribution is -0.139. The molecule has 1 saturated carbocycles. The molecule has 162 valence electrons. The second-order valence-electron chi connectivity index (χ2n) is 8.68. The van der Waals surface area contributed by atoms with Crippen LogP contribution in [0, 0.1) is 5.82 Å². The summed E-state index contributed by atoms with van der Waals surface area (Å²) in [5.74, 6) is -3.12. The number of carboxylic acid groups (broad SMARTS) is 1. The van der Waals surface area contributed by atoms with Crippen LogP contribution in [0.15, 0.2) is 36.4 Å². The third-order valence-corrected chi connectivity index (χ3v) is 7.82. The van der Waals surface area contributed by atoms with Gasteiger partial charge in [-0.3, -0.25) is 14.9 Å². The average molecular weight is 463 g/mol. The Bertz CT molecular complexity index is 1100. The molecular weight excluding hydrogens is 442 g/mol.